The molecule has 3 rings (SSSR count). The lowest BCUT2D eigenvalue weighted by atomic mass is 10.1. The van der Waals surface area contributed by atoms with Crippen LogP contribution in [0.3, 0.4) is 0 Å². The molecule has 3 nitrogen and oxygen atoms in total. The number of benzene rings is 2. The Hall–Kier alpha value is -2.04. The highest BCUT2D eigenvalue weighted by Crippen LogP contribution is 2.29. The van der Waals surface area contributed by atoms with Gasteiger partial charge in [-0.15, -0.1) is 10.2 Å². The van der Waals surface area contributed by atoms with E-state index in [4.69, 9.17) is 11.6 Å². The molecule has 0 bridgehead atoms. The average molecular weight is 328 g/mol. The second-order valence-corrected chi connectivity index (χ2v) is 6.47. The fourth-order valence-electron chi connectivity index (χ4n) is 2.16. The molecule has 0 aliphatic heterocycles. The van der Waals surface area contributed by atoms with Crippen LogP contribution < -0.4 is 0 Å². The van der Waals surface area contributed by atoms with Crippen molar-refractivity contribution in [1.82, 2.24) is 10.2 Å². The fraction of sp³-hybridized carbons (Fsp3) is 0.118. The molecular formula is C17H14ClN3S. The van der Waals surface area contributed by atoms with Crippen molar-refractivity contribution in [3.8, 4) is 10.6 Å². The third-order valence-corrected chi connectivity index (χ3v) is 4.21. The van der Waals surface area contributed by atoms with Gasteiger partial charge in [0.15, 0.2) is 0 Å². The molecule has 1 aromatic heterocycles. The van der Waals surface area contributed by atoms with Crippen LogP contribution in [0, 0.1) is 13.8 Å². The number of aryl methyl sites for hydroxylation is 2. The summed E-state index contributed by atoms with van der Waals surface area (Å²) >= 11 is 7.34. The lowest BCUT2D eigenvalue weighted by Gasteiger charge is -2.00. The summed E-state index contributed by atoms with van der Waals surface area (Å²) in [5, 5.41) is 10.6. The van der Waals surface area contributed by atoms with Crippen molar-refractivity contribution in [2.45, 2.75) is 13.8 Å². The molecule has 0 saturated heterocycles. The summed E-state index contributed by atoms with van der Waals surface area (Å²) in [6, 6.07) is 13.9. The number of hydrogen-bond donors (Lipinski definition) is 0. The maximum absolute atomic E-state index is 5.86. The molecule has 5 heteroatoms. The van der Waals surface area contributed by atoms with Gasteiger partial charge in [-0.25, -0.2) is 4.99 Å². The molecule has 3 aromatic rings. The van der Waals surface area contributed by atoms with E-state index in [-0.39, 0.29) is 0 Å². The Morgan fingerprint density at radius 1 is 1.00 bits per heavy atom. The molecule has 0 aliphatic rings. The SMILES string of the molecule is Cc1cc(C)cc(-c2nnc(/N=C/c3ccc(Cl)cc3)s2)c1. The minimum atomic E-state index is 0.643. The first kappa shape index (κ1) is 14.9. The first-order chi connectivity index (χ1) is 10.6. The van der Waals surface area contributed by atoms with Gasteiger partial charge in [-0.1, -0.05) is 52.3 Å². The van der Waals surface area contributed by atoms with Crippen LogP contribution in [0.1, 0.15) is 16.7 Å². The Labute approximate surface area is 138 Å². The number of aliphatic imine (C=N–C) groups is 1. The van der Waals surface area contributed by atoms with Crippen LogP contribution in [-0.2, 0) is 0 Å². The van der Waals surface area contributed by atoms with Crippen LogP contribution >= 0.6 is 22.9 Å². The largest absolute Gasteiger partial charge is 0.231 e. The Balaban J connectivity index is 1.83. The number of nitrogens with zero attached hydrogens (tertiary/aromatic N) is 3. The summed E-state index contributed by atoms with van der Waals surface area (Å²) < 4.78 is 0. The highest BCUT2D eigenvalue weighted by molar-refractivity contribution is 7.18. The van der Waals surface area contributed by atoms with E-state index in [1.807, 2.05) is 24.3 Å². The predicted molar refractivity (Wildman–Crippen MR) is 93.5 cm³/mol. The number of aromatic nitrogens is 2. The summed E-state index contributed by atoms with van der Waals surface area (Å²) in [4.78, 5) is 4.37. The molecule has 110 valence electrons. The topological polar surface area (TPSA) is 38.1 Å². The van der Waals surface area contributed by atoms with Gasteiger partial charge in [0.2, 0.25) is 5.13 Å². The summed E-state index contributed by atoms with van der Waals surface area (Å²) in [5.41, 5.74) is 4.50. The molecular weight excluding hydrogens is 314 g/mol. The van der Waals surface area contributed by atoms with E-state index in [1.54, 1.807) is 6.21 Å². The van der Waals surface area contributed by atoms with Crippen LogP contribution in [0.5, 0.6) is 0 Å². The van der Waals surface area contributed by atoms with Gasteiger partial charge in [0, 0.05) is 16.8 Å². The van der Waals surface area contributed by atoms with Crippen molar-refractivity contribution >= 4 is 34.3 Å². The molecule has 0 N–H and O–H groups in total. The van der Waals surface area contributed by atoms with Crippen molar-refractivity contribution < 1.29 is 0 Å². The molecule has 1 heterocycles. The Kier molecular flexibility index (Phi) is 4.32. The monoisotopic (exact) mass is 327 g/mol. The molecule has 22 heavy (non-hydrogen) atoms. The third kappa shape index (κ3) is 3.59. The molecule has 2 aromatic carbocycles. The van der Waals surface area contributed by atoms with Crippen molar-refractivity contribution in [1.29, 1.82) is 0 Å². The minimum absolute atomic E-state index is 0.643. The van der Waals surface area contributed by atoms with E-state index in [2.05, 4.69) is 47.2 Å². The maximum atomic E-state index is 5.86. The van der Waals surface area contributed by atoms with Gasteiger partial charge < -0.3 is 0 Å². The van der Waals surface area contributed by atoms with E-state index < -0.39 is 0 Å². The predicted octanol–water partition coefficient (Wildman–Crippen LogP) is 5.23. The van der Waals surface area contributed by atoms with Gasteiger partial charge in [0.1, 0.15) is 5.01 Å². The van der Waals surface area contributed by atoms with Crippen LogP contribution in [-0.4, -0.2) is 16.4 Å². The zero-order valence-electron chi connectivity index (χ0n) is 12.2. The molecule has 0 unspecified atom stereocenters. The van der Waals surface area contributed by atoms with Crippen molar-refractivity contribution in [3.05, 3.63) is 64.2 Å². The van der Waals surface area contributed by atoms with E-state index in [0.29, 0.717) is 10.2 Å². The van der Waals surface area contributed by atoms with Crippen molar-refractivity contribution in [2.75, 3.05) is 0 Å². The lowest BCUT2D eigenvalue weighted by molar-refractivity contribution is 1.09. The normalized spacial score (nSPS) is 11.2. The van der Waals surface area contributed by atoms with Gasteiger partial charge in [0.05, 0.1) is 0 Å². The molecule has 0 atom stereocenters. The standard InChI is InChI=1S/C17H14ClN3S/c1-11-7-12(2)9-14(8-11)16-20-21-17(22-16)19-10-13-3-5-15(18)6-4-13/h3-10H,1-2H3/b19-10+. The molecule has 0 spiro atoms. The summed E-state index contributed by atoms with van der Waals surface area (Å²) in [7, 11) is 0. The Bertz CT molecular complexity index is 802. The number of hydrogen-bond acceptors (Lipinski definition) is 4. The first-order valence-corrected chi connectivity index (χ1v) is 8.01. The van der Waals surface area contributed by atoms with Gasteiger partial charge in [-0.2, -0.15) is 0 Å². The molecule has 0 aliphatic carbocycles. The van der Waals surface area contributed by atoms with Crippen LogP contribution in [0.15, 0.2) is 47.5 Å². The lowest BCUT2D eigenvalue weighted by Crippen LogP contribution is -1.81. The van der Waals surface area contributed by atoms with E-state index in [9.17, 15) is 0 Å². The van der Waals surface area contributed by atoms with E-state index >= 15 is 0 Å². The summed E-state index contributed by atoms with van der Waals surface area (Å²) in [6.45, 7) is 4.16. The van der Waals surface area contributed by atoms with Crippen molar-refractivity contribution in [3.63, 3.8) is 0 Å². The maximum Gasteiger partial charge on any atom is 0.231 e. The van der Waals surface area contributed by atoms with E-state index in [0.717, 1.165) is 16.1 Å². The van der Waals surface area contributed by atoms with Crippen LogP contribution in [0.2, 0.25) is 5.02 Å². The zero-order valence-corrected chi connectivity index (χ0v) is 13.8. The van der Waals surface area contributed by atoms with E-state index in [1.165, 1.54) is 22.5 Å². The summed E-state index contributed by atoms with van der Waals surface area (Å²) in [5.74, 6) is 0. The second-order valence-electron chi connectivity index (χ2n) is 5.08. The Morgan fingerprint density at radius 3 is 2.36 bits per heavy atom. The van der Waals surface area contributed by atoms with Gasteiger partial charge in [-0.05, 0) is 43.7 Å². The van der Waals surface area contributed by atoms with Crippen molar-refractivity contribution in [2.24, 2.45) is 4.99 Å². The van der Waals surface area contributed by atoms with Gasteiger partial charge in [0.25, 0.3) is 0 Å². The van der Waals surface area contributed by atoms with Gasteiger partial charge >= 0.3 is 0 Å². The van der Waals surface area contributed by atoms with Gasteiger partial charge in [-0.3, -0.25) is 0 Å². The summed E-state index contributed by atoms with van der Waals surface area (Å²) in [6.07, 6.45) is 1.77. The quantitative estimate of drug-likeness (QED) is 0.618. The minimum Gasteiger partial charge on any atom is -0.226 e. The highest BCUT2D eigenvalue weighted by Gasteiger charge is 2.06. The molecule has 0 amide bonds. The van der Waals surface area contributed by atoms with Crippen LogP contribution in [0.25, 0.3) is 10.6 Å². The zero-order chi connectivity index (χ0) is 15.5. The molecule has 0 radical (unpaired) electrons. The fourth-order valence-corrected chi connectivity index (χ4v) is 2.96. The smallest absolute Gasteiger partial charge is 0.226 e. The Morgan fingerprint density at radius 2 is 1.68 bits per heavy atom. The number of halogens is 1. The molecule has 0 saturated carbocycles. The molecule has 0 fully saturated rings. The highest BCUT2D eigenvalue weighted by atomic mass is 35.5. The number of rotatable bonds is 3. The van der Waals surface area contributed by atoms with Crippen LogP contribution in [0.4, 0.5) is 5.13 Å². The first-order valence-electron chi connectivity index (χ1n) is 6.82. The third-order valence-electron chi connectivity index (χ3n) is 3.08. The second kappa shape index (κ2) is 6.38. The average Bonchev–Trinajstić information content (AvgIpc) is 2.95.